The van der Waals surface area contributed by atoms with Crippen LogP contribution < -0.4 is 20.3 Å². The van der Waals surface area contributed by atoms with Gasteiger partial charge in [0.25, 0.3) is 0 Å². The highest BCUT2D eigenvalue weighted by Gasteiger charge is 2.32. The Morgan fingerprint density at radius 3 is 2.54 bits per heavy atom. The summed E-state index contributed by atoms with van der Waals surface area (Å²) in [5.41, 5.74) is 1.93. The second-order valence-electron chi connectivity index (χ2n) is 8.46. The first-order valence-electron chi connectivity index (χ1n) is 11.7. The monoisotopic (exact) mass is 493 g/mol. The van der Waals surface area contributed by atoms with Gasteiger partial charge in [0.1, 0.15) is 5.75 Å². The number of aromatic nitrogens is 1. The number of carbonyl (C=O) groups is 2. The number of amides is 2. The Labute approximate surface area is 209 Å². The summed E-state index contributed by atoms with van der Waals surface area (Å²) in [5, 5.41) is 7.64. The highest BCUT2D eigenvalue weighted by molar-refractivity contribution is 7.10. The maximum absolute atomic E-state index is 12.7. The van der Waals surface area contributed by atoms with Gasteiger partial charge < -0.3 is 20.3 Å². The van der Waals surface area contributed by atoms with Gasteiger partial charge in [-0.05, 0) is 42.1 Å². The van der Waals surface area contributed by atoms with Crippen molar-refractivity contribution in [2.45, 2.75) is 25.6 Å². The van der Waals surface area contributed by atoms with Crippen LogP contribution in [0.25, 0.3) is 0 Å². The van der Waals surface area contributed by atoms with Crippen molar-refractivity contribution in [1.29, 1.82) is 0 Å². The van der Waals surface area contributed by atoms with Gasteiger partial charge in [-0.15, -0.1) is 11.3 Å². The van der Waals surface area contributed by atoms with Crippen molar-refractivity contribution >= 4 is 28.8 Å². The summed E-state index contributed by atoms with van der Waals surface area (Å²) in [4.78, 5) is 35.0. The van der Waals surface area contributed by atoms with Crippen molar-refractivity contribution in [3.63, 3.8) is 0 Å². The largest absolute Gasteiger partial charge is 0.495 e. The molecule has 9 heteroatoms. The number of rotatable bonds is 8. The summed E-state index contributed by atoms with van der Waals surface area (Å²) in [7, 11) is 1.69. The molecule has 3 heterocycles. The van der Waals surface area contributed by atoms with Crippen LogP contribution >= 0.6 is 11.3 Å². The van der Waals surface area contributed by atoms with Crippen molar-refractivity contribution < 1.29 is 14.3 Å². The van der Waals surface area contributed by atoms with Crippen molar-refractivity contribution in [2.75, 3.05) is 38.2 Å². The third-order valence-corrected chi connectivity index (χ3v) is 7.13. The molecule has 1 aromatic carbocycles. The first-order chi connectivity index (χ1) is 17.1. The molecule has 8 nitrogen and oxygen atoms in total. The third-order valence-electron chi connectivity index (χ3n) is 6.18. The SMILES string of the molecule is COc1ccccc1N1CCN([C@H](c2cccs2)[C@@H](C)NC(=O)C(=O)NCc2cccnc2)CC1. The maximum Gasteiger partial charge on any atom is 0.309 e. The Morgan fingerprint density at radius 2 is 1.86 bits per heavy atom. The van der Waals surface area contributed by atoms with Crippen LogP contribution in [0.4, 0.5) is 5.69 Å². The number of ether oxygens (including phenoxy) is 1. The van der Waals surface area contributed by atoms with Crippen molar-refractivity contribution in [3.8, 4) is 5.75 Å². The number of piperazine rings is 1. The Bertz CT molecular complexity index is 1100. The Kier molecular flexibility index (Phi) is 8.33. The van der Waals surface area contributed by atoms with Gasteiger partial charge in [0.05, 0.1) is 18.8 Å². The van der Waals surface area contributed by atoms with E-state index >= 15 is 0 Å². The molecule has 0 radical (unpaired) electrons. The third kappa shape index (κ3) is 6.17. The number of hydrogen-bond acceptors (Lipinski definition) is 7. The van der Waals surface area contributed by atoms with Gasteiger partial charge >= 0.3 is 11.8 Å². The van der Waals surface area contributed by atoms with Gasteiger partial charge in [-0.3, -0.25) is 19.5 Å². The molecule has 3 aromatic rings. The molecule has 0 unspecified atom stereocenters. The molecule has 0 saturated carbocycles. The lowest BCUT2D eigenvalue weighted by atomic mass is 10.0. The highest BCUT2D eigenvalue weighted by atomic mass is 32.1. The van der Waals surface area contributed by atoms with E-state index < -0.39 is 11.8 Å². The number of carbonyl (C=O) groups excluding carboxylic acids is 2. The molecule has 0 aliphatic carbocycles. The van der Waals surface area contributed by atoms with Crippen LogP contribution in [-0.4, -0.2) is 61.0 Å². The number of para-hydroxylation sites is 2. The predicted molar refractivity (Wildman–Crippen MR) is 138 cm³/mol. The standard InChI is InChI=1S/C26H31N5O3S/c1-19(29-26(33)25(32)28-18-20-7-5-11-27-17-20)24(23-10-6-16-35-23)31-14-12-30(13-15-31)21-8-3-4-9-22(21)34-2/h3-11,16-17,19,24H,12-15,18H2,1-2H3,(H,28,32)(H,29,33)/t19-,24+/m1/s1. The van der Waals surface area contributed by atoms with Crippen molar-refractivity contribution in [1.82, 2.24) is 20.5 Å². The highest BCUT2D eigenvalue weighted by Crippen LogP contribution is 2.32. The zero-order valence-corrected chi connectivity index (χ0v) is 20.8. The fourth-order valence-electron chi connectivity index (χ4n) is 4.45. The molecule has 1 aliphatic heterocycles. The summed E-state index contributed by atoms with van der Waals surface area (Å²) in [6.45, 7) is 5.56. The predicted octanol–water partition coefficient (Wildman–Crippen LogP) is 2.84. The summed E-state index contributed by atoms with van der Waals surface area (Å²) in [5.74, 6) is -0.407. The first kappa shape index (κ1) is 24.7. The lowest BCUT2D eigenvalue weighted by Crippen LogP contribution is -2.53. The summed E-state index contributed by atoms with van der Waals surface area (Å²) < 4.78 is 5.54. The van der Waals surface area contributed by atoms with Crippen LogP contribution in [0, 0.1) is 0 Å². The summed E-state index contributed by atoms with van der Waals surface area (Å²) >= 11 is 1.67. The molecule has 0 spiro atoms. The van der Waals surface area contributed by atoms with Crippen molar-refractivity contribution in [3.05, 3.63) is 76.7 Å². The van der Waals surface area contributed by atoms with Crippen LogP contribution in [0.15, 0.2) is 66.3 Å². The van der Waals surface area contributed by atoms with E-state index in [1.807, 2.05) is 42.6 Å². The molecule has 184 valence electrons. The van der Waals surface area contributed by atoms with Gasteiger partial charge in [0.2, 0.25) is 0 Å². The molecular weight excluding hydrogens is 462 g/mol. The summed E-state index contributed by atoms with van der Waals surface area (Å²) in [6.07, 6.45) is 3.33. The number of nitrogens with zero attached hydrogens (tertiary/aromatic N) is 3. The number of methoxy groups -OCH3 is 1. The molecule has 1 fully saturated rings. The number of anilines is 1. The average molecular weight is 494 g/mol. The Hall–Kier alpha value is -3.43. The van der Waals surface area contributed by atoms with E-state index in [4.69, 9.17) is 4.74 Å². The van der Waals surface area contributed by atoms with Gasteiger partial charge in [-0.1, -0.05) is 24.3 Å². The molecule has 2 amide bonds. The minimum Gasteiger partial charge on any atom is -0.495 e. The van der Waals surface area contributed by atoms with E-state index in [0.29, 0.717) is 0 Å². The lowest BCUT2D eigenvalue weighted by molar-refractivity contribution is -0.140. The van der Waals surface area contributed by atoms with Crippen molar-refractivity contribution in [2.24, 2.45) is 0 Å². The van der Waals surface area contributed by atoms with E-state index in [1.54, 1.807) is 36.9 Å². The first-order valence-corrected chi connectivity index (χ1v) is 12.6. The molecular formula is C26H31N5O3S. The number of thiophene rings is 1. The van der Waals surface area contributed by atoms with Crippen LogP contribution in [0.5, 0.6) is 5.75 Å². The zero-order chi connectivity index (χ0) is 24.6. The second kappa shape index (κ2) is 11.8. The van der Waals surface area contributed by atoms with Gasteiger partial charge in [-0.25, -0.2) is 0 Å². The van der Waals surface area contributed by atoms with Gasteiger partial charge in [0, 0.05) is 56.0 Å². The number of pyridine rings is 1. The Balaban J connectivity index is 1.38. The molecule has 0 bridgehead atoms. The average Bonchev–Trinajstić information content (AvgIpc) is 3.42. The smallest absolute Gasteiger partial charge is 0.309 e. The quantitative estimate of drug-likeness (QED) is 0.470. The minimum atomic E-state index is -0.647. The number of benzene rings is 1. The topological polar surface area (TPSA) is 86.8 Å². The fraction of sp³-hybridized carbons (Fsp3) is 0.346. The van der Waals surface area contributed by atoms with E-state index in [0.717, 1.165) is 43.2 Å². The maximum atomic E-state index is 12.7. The van der Waals surface area contributed by atoms with E-state index in [1.165, 1.54) is 4.88 Å². The van der Waals surface area contributed by atoms with E-state index in [-0.39, 0.29) is 18.6 Å². The molecule has 2 aromatic heterocycles. The van der Waals surface area contributed by atoms with E-state index in [9.17, 15) is 9.59 Å². The number of hydrogen-bond donors (Lipinski definition) is 2. The van der Waals surface area contributed by atoms with Gasteiger partial charge in [-0.2, -0.15) is 0 Å². The Morgan fingerprint density at radius 1 is 1.06 bits per heavy atom. The lowest BCUT2D eigenvalue weighted by Gasteiger charge is -2.42. The molecule has 1 saturated heterocycles. The van der Waals surface area contributed by atoms with E-state index in [2.05, 4.69) is 37.6 Å². The molecule has 35 heavy (non-hydrogen) atoms. The van der Waals surface area contributed by atoms with Crippen LogP contribution in [0.2, 0.25) is 0 Å². The van der Waals surface area contributed by atoms with Gasteiger partial charge in [0.15, 0.2) is 0 Å². The normalized spacial score (nSPS) is 15.8. The number of nitrogens with one attached hydrogen (secondary N) is 2. The molecule has 2 N–H and O–H groups in total. The summed E-state index contributed by atoms with van der Waals surface area (Å²) in [6, 6.07) is 15.5. The van der Waals surface area contributed by atoms with Crippen LogP contribution in [-0.2, 0) is 16.1 Å². The fourth-order valence-corrected chi connectivity index (χ4v) is 5.41. The minimum absolute atomic E-state index is 0.0232. The van der Waals surface area contributed by atoms with Crippen LogP contribution in [0.3, 0.4) is 0 Å². The molecule has 2 atom stereocenters. The second-order valence-corrected chi connectivity index (χ2v) is 9.44. The molecule has 1 aliphatic rings. The van der Waals surface area contributed by atoms with Crippen LogP contribution in [0.1, 0.15) is 23.4 Å². The zero-order valence-electron chi connectivity index (χ0n) is 20.0. The molecule has 4 rings (SSSR count).